The molecule has 3 aromatic carbocycles. The van der Waals surface area contributed by atoms with E-state index < -0.39 is 17.7 Å². The Labute approximate surface area is 191 Å². The Morgan fingerprint density at radius 2 is 1.52 bits per heavy atom. The zero-order valence-corrected chi connectivity index (χ0v) is 18.3. The van der Waals surface area contributed by atoms with Crippen molar-refractivity contribution in [2.24, 2.45) is 5.10 Å². The van der Waals surface area contributed by atoms with Gasteiger partial charge in [0.05, 0.1) is 17.5 Å². The number of benzene rings is 3. The van der Waals surface area contributed by atoms with Crippen LogP contribution in [0.1, 0.15) is 15.9 Å². The highest BCUT2D eigenvalue weighted by atomic mass is 79.9. The first-order chi connectivity index (χ1) is 14.9. The molecular formula is C22H16BrClN4O3. The summed E-state index contributed by atoms with van der Waals surface area (Å²) in [5, 5.41) is 9.46. The lowest BCUT2D eigenvalue weighted by molar-refractivity contribution is -0.136. The molecule has 0 aliphatic heterocycles. The van der Waals surface area contributed by atoms with E-state index in [9.17, 15) is 14.4 Å². The van der Waals surface area contributed by atoms with Gasteiger partial charge in [0.15, 0.2) is 0 Å². The molecule has 0 saturated carbocycles. The quantitative estimate of drug-likeness (QED) is 0.275. The monoisotopic (exact) mass is 498 g/mol. The smallest absolute Gasteiger partial charge is 0.322 e. The lowest BCUT2D eigenvalue weighted by Gasteiger charge is -2.11. The number of nitrogens with zero attached hydrogens (tertiary/aromatic N) is 1. The summed E-state index contributed by atoms with van der Waals surface area (Å²) in [7, 11) is 0. The summed E-state index contributed by atoms with van der Waals surface area (Å²) in [6.45, 7) is 0. The molecule has 0 heterocycles. The van der Waals surface area contributed by atoms with E-state index in [-0.39, 0.29) is 11.3 Å². The number of amides is 3. The molecule has 3 aromatic rings. The SMILES string of the molecule is O=C(NN=Cc1ccccc1Br)C(=O)Nc1ccccc1C(=O)Nc1ccc(Cl)cc1. The van der Waals surface area contributed by atoms with Gasteiger partial charge in [-0.2, -0.15) is 5.10 Å². The Hall–Kier alpha value is -3.49. The fraction of sp³-hybridized carbons (Fsp3) is 0. The van der Waals surface area contributed by atoms with E-state index in [0.717, 1.165) is 10.0 Å². The van der Waals surface area contributed by atoms with Gasteiger partial charge in [-0.25, -0.2) is 5.43 Å². The molecule has 0 aromatic heterocycles. The van der Waals surface area contributed by atoms with Crippen LogP contribution in [0.5, 0.6) is 0 Å². The van der Waals surface area contributed by atoms with Crippen molar-refractivity contribution in [3.05, 3.63) is 93.4 Å². The second-order valence-electron chi connectivity index (χ2n) is 6.18. The van der Waals surface area contributed by atoms with Gasteiger partial charge >= 0.3 is 11.8 Å². The first-order valence-electron chi connectivity index (χ1n) is 8.99. The van der Waals surface area contributed by atoms with Crippen LogP contribution >= 0.6 is 27.5 Å². The number of carbonyl (C=O) groups excluding carboxylic acids is 3. The van der Waals surface area contributed by atoms with Gasteiger partial charge in [-0.3, -0.25) is 14.4 Å². The molecule has 156 valence electrons. The van der Waals surface area contributed by atoms with Crippen molar-refractivity contribution in [2.75, 3.05) is 10.6 Å². The molecule has 0 aliphatic rings. The number of hydrazone groups is 1. The lowest BCUT2D eigenvalue weighted by Crippen LogP contribution is -2.33. The summed E-state index contributed by atoms with van der Waals surface area (Å²) in [6, 6.07) is 20.2. The molecule has 31 heavy (non-hydrogen) atoms. The van der Waals surface area contributed by atoms with Gasteiger partial charge < -0.3 is 10.6 Å². The van der Waals surface area contributed by atoms with Gasteiger partial charge in [0.25, 0.3) is 5.91 Å². The second kappa shape index (κ2) is 10.5. The van der Waals surface area contributed by atoms with Crippen LogP contribution in [0, 0.1) is 0 Å². The van der Waals surface area contributed by atoms with Crippen LogP contribution in [0.25, 0.3) is 0 Å². The Morgan fingerprint density at radius 1 is 0.839 bits per heavy atom. The van der Waals surface area contributed by atoms with Gasteiger partial charge in [0.1, 0.15) is 0 Å². The number of carbonyl (C=O) groups is 3. The van der Waals surface area contributed by atoms with E-state index in [1.807, 2.05) is 18.2 Å². The van der Waals surface area contributed by atoms with E-state index in [1.54, 1.807) is 42.5 Å². The van der Waals surface area contributed by atoms with Crippen LogP contribution in [0.15, 0.2) is 82.4 Å². The zero-order chi connectivity index (χ0) is 22.2. The average Bonchev–Trinajstić information content (AvgIpc) is 2.77. The molecule has 0 spiro atoms. The maximum atomic E-state index is 12.6. The highest BCUT2D eigenvalue weighted by molar-refractivity contribution is 9.10. The number of anilines is 2. The van der Waals surface area contributed by atoms with Crippen LogP contribution in [-0.4, -0.2) is 23.9 Å². The van der Waals surface area contributed by atoms with Crippen molar-refractivity contribution < 1.29 is 14.4 Å². The average molecular weight is 500 g/mol. The van der Waals surface area contributed by atoms with E-state index in [0.29, 0.717) is 10.7 Å². The summed E-state index contributed by atoms with van der Waals surface area (Å²) in [4.78, 5) is 36.9. The fourth-order valence-corrected chi connectivity index (χ4v) is 3.01. The summed E-state index contributed by atoms with van der Waals surface area (Å²) in [6.07, 6.45) is 1.41. The third-order valence-electron chi connectivity index (χ3n) is 4.00. The van der Waals surface area contributed by atoms with Crippen LogP contribution in [0.2, 0.25) is 5.02 Å². The molecule has 0 fully saturated rings. The molecule has 0 unspecified atom stereocenters. The van der Waals surface area contributed by atoms with Crippen molar-refractivity contribution in [1.82, 2.24) is 5.43 Å². The minimum Gasteiger partial charge on any atom is -0.322 e. The van der Waals surface area contributed by atoms with Gasteiger partial charge in [-0.05, 0) is 42.5 Å². The van der Waals surface area contributed by atoms with E-state index in [1.165, 1.54) is 18.3 Å². The normalized spacial score (nSPS) is 10.5. The van der Waals surface area contributed by atoms with E-state index in [4.69, 9.17) is 11.6 Å². The van der Waals surface area contributed by atoms with Crippen LogP contribution in [-0.2, 0) is 9.59 Å². The third-order valence-corrected chi connectivity index (χ3v) is 4.98. The minimum atomic E-state index is -0.976. The molecule has 9 heteroatoms. The largest absolute Gasteiger partial charge is 0.329 e. The van der Waals surface area contributed by atoms with Crippen molar-refractivity contribution in [3.63, 3.8) is 0 Å². The van der Waals surface area contributed by atoms with E-state index in [2.05, 4.69) is 37.1 Å². The van der Waals surface area contributed by atoms with Crippen molar-refractivity contribution in [3.8, 4) is 0 Å². The number of hydrogen-bond acceptors (Lipinski definition) is 4. The summed E-state index contributed by atoms with van der Waals surface area (Å²) in [5.41, 5.74) is 3.80. The van der Waals surface area contributed by atoms with E-state index >= 15 is 0 Å². The first kappa shape index (κ1) is 22.2. The Bertz CT molecular complexity index is 1150. The van der Waals surface area contributed by atoms with Gasteiger partial charge in [-0.1, -0.05) is 57.9 Å². The number of para-hydroxylation sites is 1. The molecule has 3 rings (SSSR count). The molecule has 3 amide bonds. The topological polar surface area (TPSA) is 99.7 Å². The Kier molecular flexibility index (Phi) is 7.53. The lowest BCUT2D eigenvalue weighted by atomic mass is 10.1. The van der Waals surface area contributed by atoms with Crippen LogP contribution < -0.4 is 16.1 Å². The molecular weight excluding hydrogens is 484 g/mol. The Morgan fingerprint density at radius 3 is 2.26 bits per heavy atom. The van der Waals surface area contributed by atoms with Crippen LogP contribution in [0.4, 0.5) is 11.4 Å². The molecule has 0 atom stereocenters. The van der Waals surface area contributed by atoms with Crippen molar-refractivity contribution >= 4 is 62.8 Å². The Balaban J connectivity index is 1.64. The third kappa shape index (κ3) is 6.24. The van der Waals surface area contributed by atoms with Crippen molar-refractivity contribution in [1.29, 1.82) is 0 Å². The summed E-state index contributed by atoms with van der Waals surface area (Å²) >= 11 is 9.20. The van der Waals surface area contributed by atoms with Crippen molar-refractivity contribution in [2.45, 2.75) is 0 Å². The number of hydrogen-bond donors (Lipinski definition) is 3. The summed E-state index contributed by atoms with van der Waals surface area (Å²) in [5.74, 6) is -2.39. The highest BCUT2D eigenvalue weighted by Crippen LogP contribution is 2.19. The predicted octanol–water partition coefficient (Wildman–Crippen LogP) is 4.44. The molecule has 7 nitrogen and oxygen atoms in total. The van der Waals surface area contributed by atoms with Gasteiger partial charge in [-0.15, -0.1) is 0 Å². The standard InChI is InChI=1S/C22H16BrClN4O3/c23-18-7-3-1-5-14(18)13-25-28-22(31)21(30)27-19-8-4-2-6-17(19)20(29)26-16-11-9-15(24)10-12-16/h1-13H,(H,26,29)(H,27,30)(H,28,31). The molecule has 0 radical (unpaired) electrons. The first-order valence-corrected chi connectivity index (χ1v) is 10.2. The number of halogens is 2. The zero-order valence-electron chi connectivity index (χ0n) is 15.9. The second-order valence-corrected chi connectivity index (χ2v) is 7.47. The fourth-order valence-electron chi connectivity index (χ4n) is 2.49. The molecule has 0 bridgehead atoms. The maximum Gasteiger partial charge on any atom is 0.329 e. The maximum absolute atomic E-state index is 12.6. The number of rotatable bonds is 5. The molecule has 3 N–H and O–H groups in total. The summed E-state index contributed by atoms with van der Waals surface area (Å²) < 4.78 is 0.790. The number of nitrogens with one attached hydrogen (secondary N) is 3. The van der Waals surface area contributed by atoms with Gasteiger partial charge in [0, 0.05) is 20.7 Å². The minimum absolute atomic E-state index is 0.184. The highest BCUT2D eigenvalue weighted by Gasteiger charge is 2.17. The van der Waals surface area contributed by atoms with Crippen LogP contribution in [0.3, 0.4) is 0 Å². The predicted molar refractivity (Wildman–Crippen MR) is 124 cm³/mol. The molecule has 0 saturated heterocycles. The van der Waals surface area contributed by atoms with Gasteiger partial charge in [0.2, 0.25) is 0 Å². The molecule has 0 aliphatic carbocycles.